The number of nitrogens with zero attached hydrogens (tertiary/aromatic N) is 5. The number of nitrogens with one attached hydrogen (secondary N) is 2. The maximum absolute atomic E-state index is 14.0. The summed E-state index contributed by atoms with van der Waals surface area (Å²) in [7, 11) is 3.89. The molecule has 0 bridgehead atoms. The summed E-state index contributed by atoms with van der Waals surface area (Å²) in [6.07, 6.45) is -0.435. The molecule has 4 atom stereocenters. The summed E-state index contributed by atoms with van der Waals surface area (Å²) in [6, 6.07) is 6.41. The van der Waals surface area contributed by atoms with Crippen LogP contribution >= 0.6 is 0 Å². The predicted molar refractivity (Wildman–Crippen MR) is 161 cm³/mol. The third-order valence-electron chi connectivity index (χ3n) is 8.92. The van der Waals surface area contributed by atoms with Crippen molar-refractivity contribution in [2.45, 2.75) is 76.4 Å². The maximum Gasteiger partial charge on any atom is 0.421 e. The molecule has 0 spiro atoms. The summed E-state index contributed by atoms with van der Waals surface area (Å²) in [5.41, 5.74) is 0.0556. The van der Waals surface area contributed by atoms with Crippen molar-refractivity contribution in [3.05, 3.63) is 41.6 Å². The van der Waals surface area contributed by atoms with Crippen molar-refractivity contribution in [2.24, 2.45) is 5.92 Å². The van der Waals surface area contributed by atoms with E-state index in [0.29, 0.717) is 37.2 Å². The van der Waals surface area contributed by atoms with Gasteiger partial charge in [-0.05, 0) is 83.9 Å². The molecule has 1 saturated carbocycles. The SMILES string of the molecule is C[C@@H]1CN(C(=O)[C@H]2CCC[C@H]2Nc2nc(Nc3ccc(C(=O)N(C)C4CCN(C)CC4)cc3)ncc2C(F)(F)F)C[C@H](C)O1. The van der Waals surface area contributed by atoms with E-state index in [1.165, 1.54) is 0 Å². The molecule has 3 fully saturated rings. The Labute approximate surface area is 256 Å². The fraction of sp³-hybridized carbons (Fsp3) is 0.613. The number of carbonyl (C=O) groups excluding carboxylic acids is 2. The van der Waals surface area contributed by atoms with Crippen LogP contribution in [0.25, 0.3) is 0 Å². The molecule has 2 aromatic rings. The van der Waals surface area contributed by atoms with Gasteiger partial charge in [0.15, 0.2) is 0 Å². The zero-order valence-corrected chi connectivity index (χ0v) is 25.7. The van der Waals surface area contributed by atoms with Gasteiger partial charge in [-0.2, -0.15) is 18.2 Å². The van der Waals surface area contributed by atoms with E-state index in [1.807, 2.05) is 20.9 Å². The highest BCUT2D eigenvalue weighted by Gasteiger charge is 2.41. The third-order valence-corrected chi connectivity index (χ3v) is 8.92. The molecule has 5 rings (SSSR count). The monoisotopic (exact) mass is 617 g/mol. The van der Waals surface area contributed by atoms with Gasteiger partial charge in [0.2, 0.25) is 11.9 Å². The highest BCUT2D eigenvalue weighted by Crippen LogP contribution is 2.37. The summed E-state index contributed by atoms with van der Waals surface area (Å²) in [4.78, 5) is 40.4. The van der Waals surface area contributed by atoms with E-state index < -0.39 is 23.7 Å². The van der Waals surface area contributed by atoms with Gasteiger partial charge in [-0.25, -0.2) is 4.98 Å². The average Bonchev–Trinajstić information content (AvgIpc) is 3.44. The fourth-order valence-corrected chi connectivity index (χ4v) is 6.53. The van der Waals surface area contributed by atoms with Crippen molar-refractivity contribution in [2.75, 3.05) is 50.9 Å². The molecule has 0 unspecified atom stereocenters. The molecule has 240 valence electrons. The lowest BCUT2D eigenvalue weighted by atomic mass is 10.0. The van der Waals surface area contributed by atoms with Crippen molar-refractivity contribution in [3.8, 4) is 0 Å². The number of ether oxygens (including phenoxy) is 1. The summed E-state index contributed by atoms with van der Waals surface area (Å²) >= 11 is 0. The normalized spacial score (nSPS) is 25.1. The Morgan fingerprint density at radius 2 is 1.68 bits per heavy atom. The minimum atomic E-state index is -4.68. The molecule has 3 aliphatic rings. The molecule has 1 aliphatic carbocycles. The first-order chi connectivity index (χ1) is 20.9. The Kier molecular flexibility index (Phi) is 9.64. The molecule has 13 heteroatoms. The van der Waals surface area contributed by atoms with E-state index in [9.17, 15) is 22.8 Å². The van der Waals surface area contributed by atoms with E-state index in [-0.39, 0.29) is 41.8 Å². The van der Waals surface area contributed by atoms with Crippen LogP contribution in [0.3, 0.4) is 0 Å². The van der Waals surface area contributed by atoms with Crippen LogP contribution in [-0.4, -0.2) is 101 Å². The fourth-order valence-electron chi connectivity index (χ4n) is 6.53. The minimum Gasteiger partial charge on any atom is -0.372 e. The molecule has 0 radical (unpaired) electrons. The minimum absolute atomic E-state index is 0.0280. The molecule has 2 N–H and O–H groups in total. The summed E-state index contributed by atoms with van der Waals surface area (Å²) < 4.78 is 47.7. The van der Waals surface area contributed by atoms with Crippen LogP contribution in [0, 0.1) is 5.92 Å². The number of benzene rings is 1. The number of alkyl halides is 3. The van der Waals surface area contributed by atoms with E-state index in [2.05, 4.69) is 32.5 Å². The first-order valence-corrected chi connectivity index (χ1v) is 15.4. The Bertz CT molecular complexity index is 1310. The van der Waals surface area contributed by atoms with Crippen LogP contribution in [0.1, 0.15) is 61.9 Å². The number of rotatable bonds is 7. The molecule has 2 saturated heterocycles. The molecule has 3 heterocycles. The number of hydrogen-bond acceptors (Lipinski definition) is 8. The molecule has 2 aliphatic heterocycles. The van der Waals surface area contributed by atoms with Gasteiger partial charge < -0.3 is 30.1 Å². The lowest BCUT2D eigenvalue weighted by molar-refractivity contribution is -0.147. The molecule has 44 heavy (non-hydrogen) atoms. The second-order valence-electron chi connectivity index (χ2n) is 12.4. The van der Waals surface area contributed by atoms with Crippen molar-refractivity contribution in [1.82, 2.24) is 24.7 Å². The van der Waals surface area contributed by atoms with Crippen molar-refractivity contribution in [3.63, 3.8) is 0 Å². The van der Waals surface area contributed by atoms with Crippen LogP contribution in [0.4, 0.5) is 30.6 Å². The number of amides is 2. The molecule has 1 aromatic carbocycles. The summed E-state index contributed by atoms with van der Waals surface area (Å²) in [6.45, 7) is 6.62. The lowest BCUT2D eigenvalue weighted by Crippen LogP contribution is -2.51. The lowest BCUT2D eigenvalue weighted by Gasteiger charge is -2.37. The topological polar surface area (TPSA) is 103 Å². The zero-order chi connectivity index (χ0) is 31.6. The molecule has 1 aromatic heterocycles. The van der Waals surface area contributed by atoms with Gasteiger partial charge in [-0.3, -0.25) is 9.59 Å². The van der Waals surface area contributed by atoms with Gasteiger partial charge in [-0.15, -0.1) is 0 Å². The number of halogens is 3. The standard InChI is InChI=1S/C31H42F3N7O3/c1-19-17-41(18-20(2)44-19)29(43)24-6-5-7-26(24)37-27-25(31(32,33)34)16-35-30(38-27)36-22-10-8-21(9-11-22)28(42)40(4)23-12-14-39(3)15-13-23/h8-11,16,19-20,23-24,26H,5-7,12-15,17-18H2,1-4H3,(H2,35,36,37,38)/t19-,20+,24-,26+/m0/s1. The Morgan fingerprint density at radius 1 is 1.02 bits per heavy atom. The molecule has 2 amide bonds. The number of piperidine rings is 1. The summed E-state index contributed by atoms with van der Waals surface area (Å²) in [5, 5.41) is 5.92. The van der Waals surface area contributed by atoms with Crippen molar-refractivity contribution >= 4 is 29.3 Å². The number of carbonyl (C=O) groups is 2. The van der Waals surface area contributed by atoms with Gasteiger partial charge in [0, 0.05) is 49.7 Å². The second-order valence-corrected chi connectivity index (χ2v) is 12.4. The van der Waals surface area contributed by atoms with Crippen LogP contribution in [0.5, 0.6) is 0 Å². The first-order valence-electron chi connectivity index (χ1n) is 15.4. The number of anilines is 3. The molecule has 10 nitrogen and oxygen atoms in total. The predicted octanol–water partition coefficient (Wildman–Crippen LogP) is 4.62. The van der Waals surface area contributed by atoms with Crippen molar-refractivity contribution < 1.29 is 27.5 Å². The number of hydrogen-bond donors (Lipinski definition) is 2. The Balaban J connectivity index is 1.28. The Hall–Kier alpha value is -3.45. The van der Waals surface area contributed by atoms with Crippen molar-refractivity contribution in [1.29, 1.82) is 0 Å². The van der Waals surface area contributed by atoms with Gasteiger partial charge >= 0.3 is 6.18 Å². The van der Waals surface area contributed by atoms with Crippen LogP contribution in [0.2, 0.25) is 0 Å². The number of aromatic nitrogens is 2. The quantitative estimate of drug-likeness (QED) is 0.464. The van der Waals surface area contributed by atoms with E-state index in [0.717, 1.165) is 38.5 Å². The number of morpholine rings is 1. The van der Waals surface area contributed by atoms with E-state index in [1.54, 1.807) is 34.1 Å². The van der Waals surface area contributed by atoms with Gasteiger partial charge in [0.05, 0.1) is 18.1 Å². The smallest absolute Gasteiger partial charge is 0.372 e. The van der Waals surface area contributed by atoms with Gasteiger partial charge in [-0.1, -0.05) is 6.42 Å². The third kappa shape index (κ3) is 7.43. The molecular weight excluding hydrogens is 575 g/mol. The maximum atomic E-state index is 14.0. The van der Waals surface area contributed by atoms with E-state index in [4.69, 9.17) is 4.74 Å². The second kappa shape index (κ2) is 13.3. The molecular formula is C31H42F3N7O3. The average molecular weight is 618 g/mol. The Morgan fingerprint density at radius 3 is 2.32 bits per heavy atom. The van der Waals surface area contributed by atoms with Gasteiger partial charge in [0.25, 0.3) is 5.91 Å². The first kappa shape index (κ1) is 32.0. The highest BCUT2D eigenvalue weighted by atomic mass is 19.4. The van der Waals surface area contributed by atoms with Gasteiger partial charge in [0.1, 0.15) is 11.4 Å². The van der Waals surface area contributed by atoms with Crippen LogP contribution < -0.4 is 10.6 Å². The highest BCUT2D eigenvalue weighted by molar-refractivity contribution is 5.94. The van der Waals surface area contributed by atoms with Crippen LogP contribution in [-0.2, 0) is 15.7 Å². The van der Waals surface area contributed by atoms with E-state index >= 15 is 0 Å². The largest absolute Gasteiger partial charge is 0.421 e. The van der Waals surface area contributed by atoms with Crippen LogP contribution in [0.15, 0.2) is 30.5 Å². The number of likely N-dealkylation sites (tertiary alicyclic amines) is 1. The zero-order valence-electron chi connectivity index (χ0n) is 25.7. The summed E-state index contributed by atoms with van der Waals surface area (Å²) in [5.74, 6) is -1.00.